The number of nitrogens with zero attached hydrogens (tertiary/aromatic N) is 2. The third-order valence-corrected chi connectivity index (χ3v) is 1.90. The van der Waals surface area contributed by atoms with Gasteiger partial charge in [-0.3, -0.25) is 9.89 Å². The molecule has 0 aromatic carbocycles. The molecule has 2 rings (SSSR count). The highest BCUT2D eigenvalue weighted by Gasteiger charge is 2.02. The predicted molar refractivity (Wildman–Crippen MR) is 49.6 cm³/mol. The van der Waals surface area contributed by atoms with E-state index in [0.29, 0.717) is 5.65 Å². The van der Waals surface area contributed by atoms with Gasteiger partial charge in [-0.15, -0.1) is 0 Å². The Morgan fingerprint density at radius 2 is 2.38 bits per heavy atom. The van der Waals surface area contributed by atoms with Crippen molar-refractivity contribution in [3.05, 3.63) is 28.2 Å². The maximum atomic E-state index is 11.3. The minimum atomic E-state index is -0.179. The number of fused-ring (bicyclic) bond motifs is 1. The van der Waals surface area contributed by atoms with Gasteiger partial charge in [-0.1, -0.05) is 6.92 Å². The van der Waals surface area contributed by atoms with E-state index < -0.39 is 0 Å². The lowest BCUT2D eigenvalue weighted by atomic mass is 10.3. The molecule has 0 aliphatic carbocycles. The first-order chi connectivity index (χ1) is 6.20. The zero-order valence-electron chi connectivity index (χ0n) is 7.24. The number of aromatic nitrogens is 3. The quantitative estimate of drug-likeness (QED) is 0.653. The highest BCUT2D eigenvalue weighted by Crippen LogP contribution is 2.03. The van der Waals surface area contributed by atoms with Crippen molar-refractivity contribution >= 4 is 11.5 Å². The molecule has 0 atom stereocenters. The average molecular weight is 178 g/mol. The van der Waals surface area contributed by atoms with Crippen LogP contribution in [0.1, 0.15) is 12.6 Å². The molecule has 13 heavy (non-hydrogen) atoms. The number of nitrogens with two attached hydrogens (primary N) is 1. The van der Waals surface area contributed by atoms with Gasteiger partial charge in [0.1, 0.15) is 5.82 Å². The fourth-order valence-corrected chi connectivity index (χ4v) is 1.24. The molecule has 2 heterocycles. The molecule has 2 aromatic rings. The van der Waals surface area contributed by atoms with Crippen molar-refractivity contribution in [1.82, 2.24) is 14.6 Å². The van der Waals surface area contributed by atoms with Crippen LogP contribution in [0.25, 0.3) is 5.65 Å². The molecule has 5 heteroatoms. The molecule has 0 saturated heterocycles. The van der Waals surface area contributed by atoms with Crippen molar-refractivity contribution < 1.29 is 0 Å². The summed E-state index contributed by atoms with van der Waals surface area (Å²) < 4.78 is 1.38. The van der Waals surface area contributed by atoms with Crippen molar-refractivity contribution in [2.75, 3.05) is 5.73 Å². The summed E-state index contributed by atoms with van der Waals surface area (Å²) in [4.78, 5) is 15.4. The van der Waals surface area contributed by atoms with Gasteiger partial charge in [0.15, 0.2) is 5.65 Å². The van der Waals surface area contributed by atoms with E-state index in [4.69, 9.17) is 5.73 Å². The molecule has 0 bridgehead atoms. The number of hydrogen-bond donors (Lipinski definition) is 2. The van der Waals surface area contributed by atoms with Crippen LogP contribution in [-0.4, -0.2) is 14.6 Å². The first kappa shape index (κ1) is 7.85. The minimum Gasteiger partial charge on any atom is -0.383 e. The molecular formula is C8H10N4O. The summed E-state index contributed by atoms with van der Waals surface area (Å²) in [6, 6.07) is 3.11. The SMILES string of the molecule is CCc1cc2nc(N)cc(=O)n2[nH]1. The number of aromatic amines is 1. The Labute approximate surface area is 74.2 Å². The van der Waals surface area contributed by atoms with Gasteiger partial charge < -0.3 is 5.73 Å². The van der Waals surface area contributed by atoms with Crippen LogP contribution in [0, 0.1) is 0 Å². The number of nitrogen functional groups attached to an aromatic ring is 1. The first-order valence-electron chi connectivity index (χ1n) is 4.08. The van der Waals surface area contributed by atoms with Crippen LogP contribution in [0.5, 0.6) is 0 Å². The summed E-state index contributed by atoms with van der Waals surface area (Å²) in [7, 11) is 0. The fourth-order valence-electron chi connectivity index (χ4n) is 1.24. The summed E-state index contributed by atoms with van der Waals surface area (Å²) in [5, 5.41) is 2.93. The topological polar surface area (TPSA) is 76.2 Å². The number of anilines is 1. The standard InChI is InChI=1S/C8H10N4O/c1-2-5-3-7-10-6(9)4-8(13)12(7)11-5/h3-4,11H,2,9H2,1H3. The highest BCUT2D eigenvalue weighted by atomic mass is 16.1. The molecule has 0 radical (unpaired) electrons. The van der Waals surface area contributed by atoms with E-state index >= 15 is 0 Å². The van der Waals surface area contributed by atoms with Gasteiger partial charge in [-0.05, 0) is 6.42 Å². The van der Waals surface area contributed by atoms with E-state index in [9.17, 15) is 4.79 Å². The van der Waals surface area contributed by atoms with Crippen molar-refractivity contribution in [2.45, 2.75) is 13.3 Å². The van der Waals surface area contributed by atoms with Gasteiger partial charge in [-0.2, -0.15) is 0 Å². The number of nitrogens with one attached hydrogen (secondary N) is 1. The minimum absolute atomic E-state index is 0.179. The normalized spacial score (nSPS) is 10.8. The average Bonchev–Trinajstić information content (AvgIpc) is 2.47. The molecular weight excluding hydrogens is 168 g/mol. The Morgan fingerprint density at radius 1 is 1.62 bits per heavy atom. The van der Waals surface area contributed by atoms with E-state index in [1.807, 2.05) is 13.0 Å². The molecule has 2 aromatic heterocycles. The summed E-state index contributed by atoms with van der Waals surface area (Å²) in [6.07, 6.45) is 0.836. The second-order valence-corrected chi connectivity index (χ2v) is 2.85. The van der Waals surface area contributed by atoms with E-state index in [1.54, 1.807) is 0 Å². The Balaban J connectivity index is 2.83. The molecule has 0 fully saturated rings. The maximum absolute atomic E-state index is 11.3. The molecule has 0 aliphatic heterocycles. The monoisotopic (exact) mass is 178 g/mol. The molecule has 3 N–H and O–H groups in total. The van der Waals surface area contributed by atoms with Crippen LogP contribution in [0.2, 0.25) is 0 Å². The van der Waals surface area contributed by atoms with E-state index in [-0.39, 0.29) is 11.4 Å². The zero-order chi connectivity index (χ0) is 9.42. The summed E-state index contributed by atoms with van der Waals surface area (Å²) in [5.41, 5.74) is 6.80. The Kier molecular flexibility index (Phi) is 1.58. The highest BCUT2D eigenvalue weighted by molar-refractivity contribution is 5.44. The summed E-state index contributed by atoms with van der Waals surface area (Å²) in [6.45, 7) is 2.00. The van der Waals surface area contributed by atoms with Crippen molar-refractivity contribution in [3.63, 3.8) is 0 Å². The molecule has 0 unspecified atom stereocenters. The van der Waals surface area contributed by atoms with E-state index in [1.165, 1.54) is 10.6 Å². The lowest BCUT2D eigenvalue weighted by Crippen LogP contribution is -2.15. The molecule has 68 valence electrons. The number of H-pyrrole nitrogens is 1. The van der Waals surface area contributed by atoms with Crippen molar-refractivity contribution in [3.8, 4) is 0 Å². The smallest absolute Gasteiger partial charge is 0.274 e. The number of aryl methyl sites for hydroxylation is 1. The van der Waals surface area contributed by atoms with E-state index in [0.717, 1.165) is 12.1 Å². The van der Waals surface area contributed by atoms with E-state index in [2.05, 4.69) is 10.1 Å². The Bertz CT molecular complexity index is 496. The van der Waals surface area contributed by atoms with Crippen LogP contribution >= 0.6 is 0 Å². The number of rotatable bonds is 1. The molecule has 0 aliphatic rings. The molecule has 0 amide bonds. The van der Waals surface area contributed by atoms with Crippen LogP contribution < -0.4 is 11.3 Å². The molecule has 5 nitrogen and oxygen atoms in total. The van der Waals surface area contributed by atoms with Crippen molar-refractivity contribution in [1.29, 1.82) is 0 Å². The van der Waals surface area contributed by atoms with Crippen LogP contribution in [0.15, 0.2) is 16.9 Å². The second kappa shape index (κ2) is 2.62. The number of hydrogen-bond acceptors (Lipinski definition) is 3. The zero-order valence-corrected chi connectivity index (χ0v) is 7.24. The van der Waals surface area contributed by atoms with Crippen LogP contribution in [-0.2, 0) is 6.42 Å². The second-order valence-electron chi connectivity index (χ2n) is 2.85. The van der Waals surface area contributed by atoms with Crippen molar-refractivity contribution in [2.24, 2.45) is 0 Å². The first-order valence-corrected chi connectivity index (χ1v) is 4.08. The van der Waals surface area contributed by atoms with Crippen LogP contribution in [0.3, 0.4) is 0 Å². The largest absolute Gasteiger partial charge is 0.383 e. The van der Waals surface area contributed by atoms with Crippen LogP contribution in [0.4, 0.5) is 5.82 Å². The van der Waals surface area contributed by atoms with Gasteiger partial charge >= 0.3 is 0 Å². The lowest BCUT2D eigenvalue weighted by Gasteiger charge is -1.92. The third kappa shape index (κ3) is 1.18. The third-order valence-electron chi connectivity index (χ3n) is 1.90. The van der Waals surface area contributed by atoms with Gasteiger partial charge in [-0.25, -0.2) is 9.50 Å². The Hall–Kier alpha value is -1.78. The molecule has 0 spiro atoms. The summed E-state index contributed by atoms with van der Waals surface area (Å²) >= 11 is 0. The summed E-state index contributed by atoms with van der Waals surface area (Å²) in [5.74, 6) is 0.256. The lowest BCUT2D eigenvalue weighted by molar-refractivity contribution is 0.859. The maximum Gasteiger partial charge on any atom is 0.274 e. The fraction of sp³-hybridized carbons (Fsp3) is 0.250. The predicted octanol–water partition coefficient (Wildman–Crippen LogP) is 0.167. The van der Waals surface area contributed by atoms with Gasteiger partial charge in [0.2, 0.25) is 0 Å². The Morgan fingerprint density at radius 3 is 3.08 bits per heavy atom. The molecule has 0 saturated carbocycles. The van der Waals surface area contributed by atoms with Gasteiger partial charge in [0.05, 0.1) is 0 Å². The van der Waals surface area contributed by atoms with Gasteiger partial charge in [0, 0.05) is 17.8 Å². The van der Waals surface area contributed by atoms with Gasteiger partial charge in [0.25, 0.3) is 5.56 Å².